The number of para-hydroxylation sites is 1. The summed E-state index contributed by atoms with van der Waals surface area (Å²) in [6.45, 7) is 2.08. The normalized spacial score (nSPS) is 18.6. The standard InChI is InChI=1S/C14H16O3/c1-2-3-7-13-11(9-15)14(16)10-6-4-5-8-12(10)17-13/h4-6,8-9,14,16H,2-3,7H2,1H3/t14-/m1/s1. The summed E-state index contributed by atoms with van der Waals surface area (Å²) in [5, 5.41) is 10.1. The van der Waals surface area contributed by atoms with Gasteiger partial charge in [-0.1, -0.05) is 31.5 Å². The van der Waals surface area contributed by atoms with E-state index in [1.807, 2.05) is 18.2 Å². The maximum absolute atomic E-state index is 11.1. The molecule has 0 saturated carbocycles. The molecule has 0 aliphatic carbocycles. The summed E-state index contributed by atoms with van der Waals surface area (Å²) in [5.41, 5.74) is 1.02. The number of hydrogen-bond donors (Lipinski definition) is 1. The second kappa shape index (κ2) is 5.15. The molecular formula is C14H16O3. The molecule has 1 aliphatic rings. The minimum absolute atomic E-state index is 0.358. The molecule has 2 rings (SSSR count). The number of carbonyl (C=O) groups excluding carboxylic acids is 1. The molecule has 0 bridgehead atoms. The van der Waals surface area contributed by atoms with Gasteiger partial charge in [0.15, 0.2) is 6.29 Å². The van der Waals surface area contributed by atoms with Gasteiger partial charge in [-0.2, -0.15) is 0 Å². The molecule has 3 heteroatoms. The molecule has 90 valence electrons. The van der Waals surface area contributed by atoms with Crippen molar-refractivity contribution in [1.82, 2.24) is 0 Å². The summed E-state index contributed by atoms with van der Waals surface area (Å²) < 4.78 is 5.70. The van der Waals surface area contributed by atoms with E-state index in [0.717, 1.165) is 12.8 Å². The Morgan fingerprint density at radius 3 is 2.88 bits per heavy atom. The van der Waals surface area contributed by atoms with E-state index >= 15 is 0 Å². The number of benzene rings is 1. The van der Waals surface area contributed by atoms with Crippen LogP contribution < -0.4 is 4.74 Å². The average molecular weight is 232 g/mol. The van der Waals surface area contributed by atoms with Gasteiger partial charge in [-0.05, 0) is 12.5 Å². The number of aldehydes is 1. The van der Waals surface area contributed by atoms with E-state index in [1.54, 1.807) is 6.07 Å². The highest BCUT2D eigenvalue weighted by atomic mass is 16.5. The molecule has 0 unspecified atom stereocenters. The second-order valence-corrected chi connectivity index (χ2v) is 4.14. The molecule has 1 aromatic carbocycles. The molecule has 0 spiro atoms. The topological polar surface area (TPSA) is 46.5 Å². The molecule has 17 heavy (non-hydrogen) atoms. The average Bonchev–Trinajstić information content (AvgIpc) is 2.36. The van der Waals surface area contributed by atoms with Crippen LogP contribution in [-0.2, 0) is 4.79 Å². The Bertz CT molecular complexity index is 449. The lowest BCUT2D eigenvalue weighted by Crippen LogP contribution is -2.16. The Balaban J connectivity index is 2.35. The summed E-state index contributed by atoms with van der Waals surface area (Å²) in [5.74, 6) is 1.25. The number of aliphatic hydroxyl groups excluding tert-OH is 1. The first-order chi connectivity index (χ1) is 8.27. The number of aliphatic hydroxyl groups is 1. The van der Waals surface area contributed by atoms with Gasteiger partial charge in [-0.25, -0.2) is 0 Å². The summed E-state index contributed by atoms with van der Waals surface area (Å²) in [6.07, 6.45) is 2.50. The highest BCUT2D eigenvalue weighted by molar-refractivity contribution is 5.77. The summed E-state index contributed by atoms with van der Waals surface area (Å²) in [4.78, 5) is 11.1. The van der Waals surface area contributed by atoms with E-state index in [4.69, 9.17) is 4.74 Å². The van der Waals surface area contributed by atoms with Gasteiger partial charge in [0.05, 0.1) is 5.57 Å². The summed E-state index contributed by atoms with van der Waals surface area (Å²) in [6, 6.07) is 7.27. The molecule has 1 aromatic rings. The van der Waals surface area contributed by atoms with Gasteiger partial charge in [0.2, 0.25) is 0 Å². The molecule has 0 amide bonds. The van der Waals surface area contributed by atoms with Crippen LogP contribution in [0.15, 0.2) is 35.6 Å². The predicted molar refractivity (Wildman–Crippen MR) is 64.6 cm³/mol. The summed E-state index contributed by atoms with van der Waals surface area (Å²) >= 11 is 0. The van der Waals surface area contributed by atoms with Crippen LogP contribution in [0.5, 0.6) is 5.75 Å². The van der Waals surface area contributed by atoms with Gasteiger partial charge in [0.25, 0.3) is 0 Å². The molecule has 1 N–H and O–H groups in total. The van der Waals surface area contributed by atoms with Crippen molar-refractivity contribution in [3.8, 4) is 5.75 Å². The van der Waals surface area contributed by atoms with Crippen molar-refractivity contribution in [3.63, 3.8) is 0 Å². The highest BCUT2D eigenvalue weighted by Gasteiger charge is 2.27. The van der Waals surface area contributed by atoms with E-state index in [1.165, 1.54) is 0 Å². The zero-order valence-corrected chi connectivity index (χ0v) is 9.85. The van der Waals surface area contributed by atoms with Crippen LogP contribution in [0.25, 0.3) is 0 Å². The number of hydrogen-bond acceptors (Lipinski definition) is 3. The Kier molecular flexibility index (Phi) is 3.59. The van der Waals surface area contributed by atoms with Crippen molar-refractivity contribution in [1.29, 1.82) is 0 Å². The minimum Gasteiger partial charge on any atom is -0.461 e. The molecule has 0 radical (unpaired) electrons. The highest BCUT2D eigenvalue weighted by Crippen LogP contribution is 2.37. The zero-order valence-electron chi connectivity index (χ0n) is 9.85. The number of carbonyl (C=O) groups is 1. The molecule has 3 nitrogen and oxygen atoms in total. The van der Waals surface area contributed by atoms with Crippen molar-refractivity contribution < 1.29 is 14.6 Å². The SMILES string of the molecule is CCCCC1=C(C=O)[C@H](O)c2ccccc2O1. The van der Waals surface area contributed by atoms with Crippen LogP contribution in [0.3, 0.4) is 0 Å². The lowest BCUT2D eigenvalue weighted by atomic mass is 9.96. The number of rotatable bonds is 4. The second-order valence-electron chi connectivity index (χ2n) is 4.14. The maximum Gasteiger partial charge on any atom is 0.152 e. The smallest absolute Gasteiger partial charge is 0.152 e. The van der Waals surface area contributed by atoms with Crippen LogP contribution >= 0.6 is 0 Å². The first-order valence-electron chi connectivity index (χ1n) is 5.91. The van der Waals surface area contributed by atoms with Gasteiger partial charge in [-0.15, -0.1) is 0 Å². The monoisotopic (exact) mass is 232 g/mol. The molecule has 1 heterocycles. The van der Waals surface area contributed by atoms with Crippen molar-refractivity contribution in [3.05, 3.63) is 41.2 Å². The predicted octanol–water partition coefficient (Wildman–Crippen LogP) is 2.76. The third kappa shape index (κ3) is 2.24. The summed E-state index contributed by atoms with van der Waals surface area (Å²) in [7, 11) is 0. The van der Waals surface area contributed by atoms with Gasteiger partial charge in [0.1, 0.15) is 17.6 Å². The van der Waals surface area contributed by atoms with Crippen LogP contribution in [0, 0.1) is 0 Å². The number of fused-ring (bicyclic) bond motifs is 1. The Morgan fingerprint density at radius 1 is 1.41 bits per heavy atom. The first-order valence-corrected chi connectivity index (χ1v) is 5.91. The van der Waals surface area contributed by atoms with E-state index in [-0.39, 0.29) is 0 Å². The zero-order chi connectivity index (χ0) is 12.3. The minimum atomic E-state index is -0.857. The first kappa shape index (κ1) is 11.9. The molecule has 1 aliphatic heterocycles. The van der Waals surface area contributed by atoms with Crippen LogP contribution in [0.2, 0.25) is 0 Å². The van der Waals surface area contributed by atoms with Gasteiger partial charge in [0, 0.05) is 12.0 Å². The third-order valence-electron chi connectivity index (χ3n) is 2.95. The quantitative estimate of drug-likeness (QED) is 0.812. The van der Waals surface area contributed by atoms with Crippen molar-refractivity contribution in [2.45, 2.75) is 32.3 Å². The Labute approximate surface area is 101 Å². The van der Waals surface area contributed by atoms with Crippen LogP contribution in [0.1, 0.15) is 37.9 Å². The van der Waals surface area contributed by atoms with Gasteiger partial charge >= 0.3 is 0 Å². The largest absolute Gasteiger partial charge is 0.461 e. The van der Waals surface area contributed by atoms with Crippen LogP contribution in [-0.4, -0.2) is 11.4 Å². The molecule has 0 aromatic heterocycles. The number of allylic oxidation sites excluding steroid dienone is 1. The van der Waals surface area contributed by atoms with E-state index in [0.29, 0.717) is 35.4 Å². The van der Waals surface area contributed by atoms with E-state index < -0.39 is 6.10 Å². The van der Waals surface area contributed by atoms with Crippen molar-refractivity contribution in [2.24, 2.45) is 0 Å². The Hall–Kier alpha value is -1.61. The fraction of sp³-hybridized carbons (Fsp3) is 0.357. The number of unbranched alkanes of at least 4 members (excludes halogenated alkanes) is 1. The van der Waals surface area contributed by atoms with Crippen LogP contribution in [0.4, 0.5) is 0 Å². The molecule has 0 fully saturated rings. The van der Waals surface area contributed by atoms with Crippen molar-refractivity contribution in [2.75, 3.05) is 0 Å². The van der Waals surface area contributed by atoms with Crippen molar-refractivity contribution >= 4 is 6.29 Å². The lowest BCUT2D eigenvalue weighted by Gasteiger charge is -2.25. The van der Waals surface area contributed by atoms with Gasteiger partial charge < -0.3 is 9.84 Å². The third-order valence-corrected chi connectivity index (χ3v) is 2.95. The fourth-order valence-corrected chi connectivity index (χ4v) is 1.97. The molecule has 1 atom stereocenters. The maximum atomic E-state index is 11.1. The number of ether oxygens (including phenoxy) is 1. The van der Waals surface area contributed by atoms with E-state index in [2.05, 4.69) is 6.92 Å². The molecule has 0 saturated heterocycles. The van der Waals surface area contributed by atoms with Gasteiger partial charge in [-0.3, -0.25) is 4.79 Å². The Morgan fingerprint density at radius 2 is 2.18 bits per heavy atom. The lowest BCUT2D eigenvalue weighted by molar-refractivity contribution is -0.106. The molecular weight excluding hydrogens is 216 g/mol. The van der Waals surface area contributed by atoms with E-state index in [9.17, 15) is 9.90 Å². The fourth-order valence-electron chi connectivity index (χ4n) is 1.97.